The van der Waals surface area contributed by atoms with E-state index in [-0.39, 0.29) is 30.5 Å². The molecule has 20 heavy (non-hydrogen) atoms. The normalized spacial score (nSPS) is 23.9. The monoisotopic (exact) mass is 309 g/mol. The third kappa shape index (κ3) is 3.85. The van der Waals surface area contributed by atoms with Crippen LogP contribution in [-0.4, -0.2) is 12.2 Å². The quantitative estimate of drug-likeness (QED) is 0.799. The molecular weight excluding hydrogens is 294 g/mol. The summed E-state index contributed by atoms with van der Waals surface area (Å²) in [6.07, 6.45) is -2.89. The molecule has 0 aliphatic heterocycles. The average molecular weight is 310 g/mol. The molecule has 1 aromatic rings. The maximum Gasteiger partial charge on any atom is 0.391 e. The number of hydrogen-bond acceptors (Lipinski definition) is 1. The molecule has 1 N–H and O–H groups in total. The van der Waals surface area contributed by atoms with Gasteiger partial charge < -0.3 is 5.32 Å². The molecule has 0 bridgehead atoms. The van der Waals surface area contributed by atoms with Gasteiger partial charge in [0.25, 0.3) is 0 Å². The van der Waals surface area contributed by atoms with E-state index < -0.39 is 17.9 Å². The number of nitrogens with one attached hydrogen (secondary N) is 1. The van der Waals surface area contributed by atoms with Crippen molar-refractivity contribution in [3.63, 3.8) is 0 Å². The van der Waals surface area contributed by atoms with Crippen molar-refractivity contribution in [3.05, 3.63) is 34.6 Å². The van der Waals surface area contributed by atoms with Crippen molar-refractivity contribution < 1.29 is 17.6 Å². The molecule has 0 spiro atoms. The van der Waals surface area contributed by atoms with Crippen molar-refractivity contribution in [1.29, 1.82) is 0 Å². The summed E-state index contributed by atoms with van der Waals surface area (Å²) in [5.74, 6) is -1.66. The Bertz CT molecular complexity index is 453. The van der Waals surface area contributed by atoms with Gasteiger partial charge in [-0.25, -0.2) is 4.39 Å². The molecule has 2 rings (SSSR count). The highest BCUT2D eigenvalue weighted by Crippen LogP contribution is 2.37. The van der Waals surface area contributed by atoms with Crippen LogP contribution in [0.4, 0.5) is 17.6 Å². The number of hydrogen-bond donors (Lipinski definition) is 1. The minimum atomic E-state index is -4.09. The van der Waals surface area contributed by atoms with Gasteiger partial charge in [-0.05, 0) is 31.7 Å². The fourth-order valence-corrected chi connectivity index (χ4v) is 2.76. The first-order chi connectivity index (χ1) is 9.38. The fourth-order valence-electron chi connectivity index (χ4n) is 2.56. The summed E-state index contributed by atoms with van der Waals surface area (Å²) >= 11 is 5.68. The van der Waals surface area contributed by atoms with Crippen LogP contribution in [0.15, 0.2) is 18.2 Å². The second-order valence-corrected chi connectivity index (χ2v) is 5.59. The molecule has 0 unspecified atom stereocenters. The second kappa shape index (κ2) is 6.31. The van der Waals surface area contributed by atoms with Crippen LogP contribution in [0.25, 0.3) is 0 Å². The smallest absolute Gasteiger partial charge is 0.310 e. The summed E-state index contributed by atoms with van der Waals surface area (Å²) in [6.45, 7) is 0.285. The maximum atomic E-state index is 13.7. The minimum Gasteiger partial charge on any atom is -0.310 e. The Morgan fingerprint density at radius 1 is 1.15 bits per heavy atom. The highest BCUT2D eigenvalue weighted by Gasteiger charge is 2.41. The van der Waals surface area contributed by atoms with Gasteiger partial charge in [0.1, 0.15) is 5.82 Å². The molecule has 1 fully saturated rings. The van der Waals surface area contributed by atoms with Gasteiger partial charge in [0, 0.05) is 18.2 Å². The molecule has 0 heterocycles. The summed E-state index contributed by atoms with van der Waals surface area (Å²) < 4.78 is 51.2. The van der Waals surface area contributed by atoms with Crippen LogP contribution >= 0.6 is 11.6 Å². The molecule has 1 nitrogen and oxygen atoms in total. The molecule has 0 saturated heterocycles. The summed E-state index contributed by atoms with van der Waals surface area (Å²) in [4.78, 5) is 0. The Kier molecular flexibility index (Phi) is 4.91. The zero-order chi connectivity index (χ0) is 14.8. The molecule has 112 valence electrons. The standard InChI is InChI=1S/C14H16ClF4N/c15-12-3-1-2-9(13(12)16)8-20-11-6-4-10(5-7-11)14(17,18)19/h1-3,10-11,20H,4-8H2. The first kappa shape index (κ1) is 15.6. The number of rotatable bonds is 3. The first-order valence-electron chi connectivity index (χ1n) is 6.61. The van der Waals surface area contributed by atoms with Crippen molar-refractivity contribution in [2.45, 2.75) is 44.4 Å². The van der Waals surface area contributed by atoms with Crippen molar-refractivity contribution >= 4 is 11.6 Å². The molecule has 6 heteroatoms. The van der Waals surface area contributed by atoms with E-state index in [9.17, 15) is 17.6 Å². The lowest BCUT2D eigenvalue weighted by atomic mass is 9.85. The van der Waals surface area contributed by atoms with Gasteiger partial charge >= 0.3 is 6.18 Å². The summed E-state index contributed by atoms with van der Waals surface area (Å²) in [7, 11) is 0. The Morgan fingerprint density at radius 3 is 2.40 bits per heavy atom. The number of alkyl halides is 3. The van der Waals surface area contributed by atoms with Gasteiger partial charge in [0.15, 0.2) is 0 Å². The van der Waals surface area contributed by atoms with Crippen LogP contribution in [0.1, 0.15) is 31.2 Å². The molecule has 1 saturated carbocycles. The highest BCUT2D eigenvalue weighted by molar-refractivity contribution is 6.30. The van der Waals surface area contributed by atoms with Crippen LogP contribution in [0.5, 0.6) is 0 Å². The molecule has 0 amide bonds. The molecular formula is C14H16ClF4N. The van der Waals surface area contributed by atoms with Gasteiger partial charge in [0.05, 0.1) is 10.9 Å². The predicted octanol–water partition coefficient (Wildman–Crippen LogP) is 4.69. The first-order valence-corrected chi connectivity index (χ1v) is 6.98. The predicted molar refractivity (Wildman–Crippen MR) is 70.1 cm³/mol. The molecule has 1 aromatic carbocycles. The fraction of sp³-hybridized carbons (Fsp3) is 0.571. The zero-order valence-electron chi connectivity index (χ0n) is 10.8. The SMILES string of the molecule is Fc1c(Cl)cccc1CNC1CCC(C(F)(F)F)CC1. The number of halogens is 5. The Morgan fingerprint density at radius 2 is 1.80 bits per heavy atom. The molecule has 0 aromatic heterocycles. The van der Waals surface area contributed by atoms with Gasteiger partial charge in [-0.3, -0.25) is 0 Å². The lowest BCUT2D eigenvalue weighted by Gasteiger charge is -2.30. The molecule has 1 aliphatic carbocycles. The topological polar surface area (TPSA) is 12.0 Å². The van der Waals surface area contributed by atoms with Crippen molar-refractivity contribution in [2.75, 3.05) is 0 Å². The Hall–Kier alpha value is -0.810. The van der Waals surface area contributed by atoms with E-state index in [1.807, 2.05) is 0 Å². The summed E-state index contributed by atoms with van der Waals surface area (Å²) in [6, 6.07) is 4.75. The van der Waals surface area contributed by atoms with Crippen molar-refractivity contribution in [2.24, 2.45) is 5.92 Å². The van der Waals surface area contributed by atoms with Gasteiger partial charge in [-0.1, -0.05) is 23.7 Å². The van der Waals surface area contributed by atoms with Gasteiger partial charge in [-0.15, -0.1) is 0 Å². The van der Waals surface area contributed by atoms with Gasteiger partial charge in [-0.2, -0.15) is 13.2 Å². The number of benzene rings is 1. The maximum absolute atomic E-state index is 13.7. The lowest BCUT2D eigenvalue weighted by molar-refractivity contribution is -0.182. The third-order valence-corrected chi connectivity index (χ3v) is 4.09. The third-order valence-electron chi connectivity index (χ3n) is 3.80. The van der Waals surface area contributed by atoms with E-state index >= 15 is 0 Å². The van der Waals surface area contributed by atoms with E-state index in [0.29, 0.717) is 18.4 Å². The Balaban J connectivity index is 1.83. The summed E-state index contributed by atoms with van der Waals surface area (Å²) in [5, 5.41) is 3.17. The lowest BCUT2D eigenvalue weighted by Crippen LogP contribution is -2.36. The minimum absolute atomic E-state index is 0.00646. The van der Waals surface area contributed by atoms with Gasteiger partial charge in [0.2, 0.25) is 0 Å². The van der Waals surface area contributed by atoms with E-state index in [2.05, 4.69) is 5.32 Å². The molecule has 1 aliphatic rings. The van der Waals surface area contributed by atoms with Crippen LogP contribution in [0.2, 0.25) is 5.02 Å². The summed E-state index contributed by atoms with van der Waals surface area (Å²) in [5.41, 5.74) is 0.440. The molecule has 0 atom stereocenters. The van der Waals surface area contributed by atoms with Crippen LogP contribution < -0.4 is 5.32 Å². The molecule has 0 radical (unpaired) electrons. The van der Waals surface area contributed by atoms with E-state index in [4.69, 9.17) is 11.6 Å². The van der Waals surface area contributed by atoms with E-state index in [1.54, 1.807) is 12.1 Å². The second-order valence-electron chi connectivity index (χ2n) is 5.18. The largest absolute Gasteiger partial charge is 0.391 e. The van der Waals surface area contributed by atoms with Crippen molar-refractivity contribution in [1.82, 2.24) is 5.32 Å². The van der Waals surface area contributed by atoms with Crippen LogP contribution in [-0.2, 0) is 6.54 Å². The Labute approximate surface area is 120 Å². The van der Waals surface area contributed by atoms with E-state index in [1.165, 1.54) is 6.07 Å². The van der Waals surface area contributed by atoms with E-state index in [0.717, 1.165) is 0 Å². The average Bonchev–Trinajstić information content (AvgIpc) is 2.40. The van der Waals surface area contributed by atoms with Crippen LogP contribution in [0.3, 0.4) is 0 Å². The van der Waals surface area contributed by atoms with Crippen LogP contribution in [0, 0.1) is 11.7 Å². The van der Waals surface area contributed by atoms with Crippen molar-refractivity contribution in [3.8, 4) is 0 Å². The highest BCUT2D eigenvalue weighted by atomic mass is 35.5. The zero-order valence-corrected chi connectivity index (χ0v) is 11.6.